The van der Waals surface area contributed by atoms with Crippen molar-refractivity contribution in [3.63, 3.8) is 0 Å². The normalized spacial score (nSPS) is 16.5. The number of hydrogen-bond acceptors (Lipinski definition) is 1. The number of aromatic nitrogens is 5. The van der Waals surface area contributed by atoms with E-state index in [2.05, 4.69) is 10.9 Å². The first-order chi connectivity index (χ1) is 47.2. The predicted molar refractivity (Wildman–Crippen MR) is 309 cm³/mol. The van der Waals surface area contributed by atoms with Gasteiger partial charge < -0.3 is 22.8 Å². The molecule has 75 heavy (non-hydrogen) atoms. The third kappa shape index (κ3) is 5.45. The molecule has 0 bridgehead atoms. The molecule has 0 aliphatic heterocycles. The lowest BCUT2D eigenvalue weighted by Crippen LogP contribution is -2.14. The van der Waals surface area contributed by atoms with E-state index in [1.54, 1.807) is 30.3 Å². The van der Waals surface area contributed by atoms with Gasteiger partial charge in [-0.25, -0.2) is 4.85 Å². The molecule has 5 aromatic heterocycles. The summed E-state index contributed by atoms with van der Waals surface area (Å²) in [7, 11) is 0. The molecule has 0 aliphatic rings. The molecule has 0 fully saturated rings. The van der Waals surface area contributed by atoms with Crippen molar-refractivity contribution >= 4 is 115 Å². The number of benzene rings is 11. The number of fused-ring (bicyclic) bond motifs is 15. The Labute approximate surface area is 462 Å². The monoisotopic (exact) mass is 977 g/mol. The van der Waals surface area contributed by atoms with Crippen molar-refractivity contribution in [2.75, 3.05) is 0 Å². The highest BCUT2D eigenvalue weighted by Gasteiger charge is 2.35. The maximum Gasteiger partial charge on any atom is 0.237 e. The molecule has 0 amide bonds. The Hall–Kier alpha value is -10.6. The van der Waals surface area contributed by atoms with E-state index in [1.165, 1.54) is 4.57 Å². The van der Waals surface area contributed by atoms with E-state index in [0.717, 1.165) is 24.9 Å². The van der Waals surface area contributed by atoms with Gasteiger partial charge in [0.1, 0.15) is 6.07 Å². The maximum absolute atomic E-state index is 12.9. The van der Waals surface area contributed by atoms with Gasteiger partial charge in [0.25, 0.3) is 0 Å². The highest BCUT2D eigenvalue weighted by atomic mass is 15.1. The summed E-state index contributed by atoms with van der Waals surface area (Å²) in [6.45, 7) is 9.90. The van der Waals surface area contributed by atoms with Crippen LogP contribution < -0.4 is 0 Å². The summed E-state index contributed by atoms with van der Waals surface area (Å²) in [5, 5.41) is 11.6. The third-order valence-electron chi connectivity index (χ3n) is 14.1. The van der Waals surface area contributed by atoms with Crippen molar-refractivity contribution in [3.8, 4) is 34.5 Å². The molecule has 0 saturated carbocycles. The van der Waals surface area contributed by atoms with Crippen LogP contribution in [0.2, 0.25) is 0 Å². The minimum atomic E-state index is -0.999. The fourth-order valence-electron chi connectivity index (χ4n) is 11.2. The van der Waals surface area contributed by atoms with Crippen LogP contribution in [-0.2, 0) is 0 Å². The second-order valence-corrected chi connectivity index (χ2v) is 17.6. The Morgan fingerprint density at radius 2 is 0.680 bits per heavy atom. The average Bonchev–Trinajstić information content (AvgIpc) is 1.53. The number of para-hydroxylation sites is 9. The molecule has 0 spiro atoms. The van der Waals surface area contributed by atoms with Crippen LogP contribution in [0.3, 0.4) is 0 Å². The molecule has 0 N–H and O–H groups in total. The van der Waals surface area contributed by atoms with Crippen LogP contribution in [0, 0.1) is 17.9 Å². The van der Waals surface area contributed by atoms with Gasteiger partial charge in [0, 0.05) is 59.5 Å². The molecule has 0 atom stereocenters. The van der Waals surface area contributed by atoms with Crippen molar-refractivity contribution in [1.29, 1.82) is 5.26 Å². The molecule has 0 saturated heterocycles. The summed E-state index contributed by atoms with van der Waals surface area (Å²) < 4.78 is 235. The quantitative estimate of drug-likeness (QED) is 0.159. The highest BCUT2D eigenvalue weighted by Crippen LogP contribution is 2.52. The molecular weight excluding hydrogens is 915 g/mol. The minimum Gasteiger partial charge on any atom is -0.317 e. The van der Waals surface area contributed by atoms with E-state index >= 15 is 0 Å². The zero-order valence-corrected chi connectivity index (χ0v) is 38.3. The van der Waals surface area contributed by atoms with E-state index < -0.39 is 244 Å². The fourth-order valence-corrected chi connectivity index (χ4v) is 11.2. The van der Waals surface area contributed by atoms with Gasteiger partial charge in [-0.2, -0.15) is 5.26 Å². The summed E-state index contributed by atoms with van der Waals surface area (Å²) in [6.07, 6.45) is 0. The number of nitriles is 1. The van der Waals surface area contributed by atoms with E-state index in [0.29, 0.717) is 27.1 Å². The molecule has 0 unspecified atom stereocenters. The van der Waals surface area contributed by atoms with Crippen molar-refractivity contribution in [1.82, 2.24) is 22.8 Å². The summed E-state index contributed by atoms with van der Waals surface area (Å²) in [5.41, 5.74) is -6.35. The zero-order valence-electron chi connectivity index (χ0n) is 62.3. The van der Waals surface area contributed by atoms with Crippen LogP contribution in [0.1, 0.15) is 38.5 Å². The topological polar surface area (TPSA) is 52.8 Å². The van der Waals surface area contributed by atoms with Crippen molar-refractivity contribution in [2.45, 2.75) is 0 Å². The van der Waals surface area contributed by atoms with Gasteiger partial charge in [0.2, 0.25) is 5.69 Å². The van der Waals surface area contributed by atoms with Gasteiger partial charge in [-0.05, 0) is 72.7 Å². The van der Waals surface area contributed by atoms with Crippen LogP contribution >= 0.6 is 0 Å². The summed E-state index contributed by atoms with van der Waals surface area (Å²) in [6, 6.07) is 7.15. The Morgan fingerprint density at radius 1 is 0.333 bits per heavy atom. The smallest absolute Gasteiger partial charge is 0.237 e. The fraction of sp³-hybridized carbons (Fsp3) is 0. The molecule has 16 rings (SSSR count). The highest BCUT2D eigenvalue weighted by molar-refractivity contribution is 6.21. The molecular formula is C68H39N7. The predicted octanol–water partition coefficient (Wildman–Crippen LogP) is 17.6. The van der Waals surface area contributed by atoms with Crippen LogP contribution in [0.25, 0.3) is 142 Å². The Balaban J connectivity index is 1.33. The summed E-state index contributed by atoms with van der Waals surface area (Å²) >= 11 is 0. The second-order valence-electron chi connectivity index (χ2n) is 17.6. The summed E-state index contributed by atoms with van der Waals surface area (Å²) in [4.78, 5) is 4.30. The number of hydrogen-bond donors (Lipinski definition) is 0. The van der Waals surface area contributed by atoms with Crippen LogP contribution in [0.15, 0.2) is 236 Å². The lowest BCUT2D eigenvalue weighted by atomic mass is 10.0. The molecule has 0 aliphatic carbocycles. The van der Waals surface area contributed by atoms with Crippen molar-refractivity contribution in [3.05, 3.63) is 253 Å². The minimum absolute atomic E-state index is 0.221. The number of nitrogens with zero attached hydrogens (tertiary/aromatic N) is 7. The van der Waals surface area contributed by atoms with Crippen molar-refractivity contribution in [2.24, 2.45) is 0 Å². The van der Waals surface area contributed by atoms with Gasteiger partial charge in [0.15, 0.2) is 0 Å². The second kappa shape index (κ2) is 15.5. The molecule has 0 radical (unpaired) electrons. The first-order valence-electron chi connectivity index (χ1n) is 35.2. The molecule has 11 aromatic carbocycles. The Bertz CT molecular complexity index is 6250. The van der Waals surface area contributed by atoms with Gasteiger partial charge in [-0.3, -0.25) is 0 Å². The van der Waals surface area contributed by atoms with Gasteiger partial charge in [-0.15, -0.1) is 0 Å². The van der Waals surface area contributed by atoms with Crippen LogP contribution in [0.5, 0.6) is 0 Å². The molecule has 7 heteroatoms. The van der Waals surface area contributed by atoms with Gasteiger partial charge >= 0.3 is 0 Å². The van der Waals surface area contributed by atoms with E-state index in [1.807, 2.05) is 65.2 Å². The molecule has 346 valence electrons. The Morgan fingerprint density at radius 3 is 1.11 bits per heavy atom. The molecule has 16 aromatic rings. The van der Waals surface area contributed by atoms with Gasteiger partial charge in [-0.1, -0.05) is 163 Å². The average molecular weight is 978 g/mol. The van der Waals surface area contributed by atoms with E-state index in [4.69, 9.17) is 8.22 Å². The summed E-state index contributed by atoms with van der Waals surface area (Å²) in [5.74, 6) is 0. The molecule has 5 heterocycles. The standard InChI is InChI=1S/C68H39N7/c1-70-64-65(75-61-38-20-12-30-50(61)52-39-62-51(40-63(52)75)49-29-11-13-31-54(49)71(62)42-21-3-2-4-22-42)53(41-69)66(72-55-32-14-5-23-43(55)44-24-6-15-33-56(44)72)68(74-59-36-18-9-27-47(59)48-28-10-19-37-60(48)74)67(64)73-57-34-16-7-25-45(57)46-26-8-17-35-58(46)73/h2-40H/i5D,6D,7D,8D,9D,10D,14D,15D,16D,17D,18D,19D,23D,24D,25D,26D,27D,28D,32D,33D,34D,35D,36D,37D. The lowest BCUT2D eigenvalue weighted by molar-refractivity contribution is 1.03. The number of rotatable bonds is 5. The Kier molecular flexibility index (Phi) is 4.99. The van der Waals surface area contributed by atoms with E-state index in [-0.39, 0.29) is 11.0 Å². The SMILES string of the molecule is [2H]c1c([2H])c([2H])c2c(c1[2H])c1c([2H])c([2H])c([2H])c([2H])c1n2-c1c(C#N)c(-n2c3ccccc3c3cc4c(cc32)c2ccccc2n4-c2ccccc2)c([N+]#[C-])c(-n2c3c([2H])c([2H])c([2H])c([2H])c3c3c([2H])c([2H])c([2H])c([2H])c32)c1-n1c2c([2H])c([2H])c([2H])c([2H])c2c2c([2H])c([2H])c([2H])c([2H])c21. The maximum atomic E-state index is 12.9. The van der Waals surface area contributed by atoms with E-state index in [9.17, 15) is 36.5 Å². The zero-order chi connectivity index (χ0) is 70.4. The third-order valence-corrected chi connectivity index (χ3v) is 14.1. The van der Waals surface area contributed by atoms with Crippen molar-refractivity contribution < 1.29 is 32.9 Å². The van der Waals surface area contributed by atoms with Crippen LogP contribution in [0.4, 0.5) is 5.69 Å². The van der Waals surface area contributed by atoms with Crippen LogP contribution in [-0.4, -0.2) is 22.8 Å². The molecule has 7 nitrogen and oxygen atoms in total. The first kappa shape index (κ1) is 24.2. The lowest BCUT2D eigenvalue weighted by Gasteiger charge is -2.27. The largest absolute Gasteiger partial charge is 0.317 e. The first-order valence-corrected chi connectivity index (χ1v) is 23.2. The van der Waals surface area contributed by atoms with Gasteiger partial charge in [0.05, 0.1) is 123 Å².